The van der Waals surface area contributed by atoms with E-state index in [0.29, 0.717) is 0 Å². The predicted molar refractivity (Wildman–Crippen MR) is 38.8 cm³/mol. The summed E-state index contributed by atoms with van der Waals surface area (Å²) in [4.78, 5) is 0. The van der Waals surface area contributed by atoms with Gasteiger partial charge in [0.2, 0.25) is 0 Å². The zero-order chi connectivity index (χ0) is 6.62. The Kier molecular flexibility index (Phi) is 4.01. The summed E-state index contributed by atoms with van der Waals surface area (Å²) < 4.78 is 9.03. The summed E-state index contributed by atoms with van der Waals surface area (Å²) in [6, 6.07) is 0. The number of hydrogen-bond donors (Lipinski definition) is 3. The van der Waals surface area contributed by atoms with Gasteiger partial charge in [-0.2, -0.15) is 0 Å². The fourth-order valence-corrected chi connectivity index (χ4v) is 1.95. The molecule has 0 rings (SSSR count). The first kappa shape index (κ1) is 8.71. The Morgan fingerprint density at radius 2 is 1.25 bits per heavy atom. The molecule has 0 unspecified atom stereocenters. The van der Waals surface area contributed by atoms with Crippen molar-refractivity contribution in [1.82, 2.24) is 12.8 Å². The van der Waals surface area contributed by atoms with Crippen molar-refractivity contribution in [3.63, 3.8) is 0 Å². The summed E-state index contributed by atoms with van der Waals surface area (Å²) in [6.07, 6.45) is 0. The van der Waals surface area contributed by atoms with Gasteiger partial charge in [-0.25, -0.2) is 0 Å². The van der Waals surface area contributed by atoms with Crippen LogP contribution in [-0.2, 0) is 0 Å². The van der Waals surface area contributed by atoms with E-state index in [1.807, 2.05) is 21.1 Å². The summed E-state index contributed by atoms with van der Waals surface area (Å²) in [5.74, 6) is 0. The van der Waals surface area contributed by atoms with E-state index in [-0.39, 0.29) is 0 Å². The van der Waals surface area contributed by atoms with Crippen LogP contribution in [-0.4, -0.2) is 34.1 Å². The second-order valence-corrected chi connectivity index (χ2v) is 10.3. The molecule has 0 aliphatic heterocycles. The standard InChI is InChI=1S/C3H12ClGeN3/c1-6-5(4,7-2)8-3/h6-8H,1-3H3. The monoisotopic (exact) mass is 199 g/mol. The quantitative estimate of drug-likeness (QED) is 0.526. The van der Waals surface area contributed by atoms with Gasteiger partial charge in [-0.05, 0) is 0 Å². The van der Waals surface area contributed by atoms with Crippen LogP contribution >= 0.6 is 10.0 Å². The second kappa shape index (κ2) is 3.68. The van der Waals surface area contributed by atoms with Crippen LogP contribution < -0.4 is 12.8 Å². The molecule has 0 heterocycles. The van der Waals surface area contributed by atoms with Gasteiger partial charge in [0, 0.05) is 0 Å². The van der Waals surface area contributed by atoms with Crippen LogP contribution in [0.25, 0.3) is 0 Å². The van der Waals surface area contributed by atoms with Crippen molar-refractivity contribution in [2.45, 2.75) is 0 Å². The third-order valence-electron chi connectivity index (χ3n) is 1.03. The molecule has 0 aromatic heterocycles. The summed E-state index contributed by atoms with van der Waals surface area (Å²) in [6.45, 7) is 0. The first-order chi connectivity index (χ1) is 3.68. The van der Waals surface area contributed by atoms with E-state index in [1.165, 1.54) is 0 Å². The van der Waals surface area contributed by atoms with Gasteiger partial charge < -0.3 is 0 Å². The van der Waals surface area contributed by atoms with Crippen LogP contribution in [0.2, 0.25) is 0 Å². The first-order valence-corrected chi connectivity index (χ1v) is 8.34. The number of nitrogens with one attached hydrogen (secondary N) is 3. The topological polar surface area (TPSA) is 36.1 Å². The van der Waals surface area contributed by atoms with E-state index in [2.05, 4.69) is 12.8 Å². The van der Waals surface area contributed by atoms with Crippen LogP contribution in [0.3, 0.4) is 0 Å². The molecule has 0 aliphatic rings. The van der Waals surface area contributed by atoms with Crippen molar-refractivity contribution in [2.75, 3.05) is 21.1 Å². The van der Waals surface area contributed by atoms with Crippen molar-refractivity contribution in [3.8, 4) is 0 Å². The van der Waals surface area contributed by atoms with Gasteiger partial charge in [-0.15, -0.1) is 0 Å². The van der Waals surface area contributed by atoms with Crippen molar-refractivity contribution >= 4 is 23.0 Å². The average Bonchev–Trinajstić information content (AvgIpc) is 1.87. The Morgan fingerprint density at radius 3 is 1.25 bits per heavy atom. The third-order valence-corrected chi connectivity index (χ3v) is 8.32. The van der Waals surface area contributed by atoms with Crippen LogP contribution in [0.5, 0.6) is 0 Å². The Balaban J connectivity index is 3.58. The SMILES string of the molecule is C[NH][Ge]([Cl])([NH]C)[NH]C. The van der Waals surface area contributed by atoms with Crippen LogP contribution in [0, 0.1) is 0 Å². The van der Waals surface area contributed by atoms with Gasteiger partial charge in [0.15, 0.2) is 0 Å². The van der Waals surface area contributed by atoms with E-state index in [0.717, 1.165) is 0 Å². The molecule has 3 nitrogen and oxygen atoms in total. The molecule has 3 N–H and O–H groups in total. The molecule has 8 heavy (non-hydrogen) atoms. The molecule has 5 heteroatoms. The zero-order valence-corrected chi connectivity index (χ0v) is 8.23. The molecule has 0 radical (unpaired) electrons. The average molecular weight is 198 g/mol. The molecule has 0 saturated carbocycles. The predicted octanol–water partition coefficient (Wildman–Crippen LogP) is -0.681. The molecule has 0 amide bonds. The molecular weight excluding hydrogens is 186 g/mol. The van der Waals surface area contributed by atoms with Gasteiger partial charge in [0.05, 0.1) is 0 Å². The van der Waals surface area contributed by atoms with Gasteiger partial charge in [-0.1, -0.05) is 0 Å². The van der Waals surface area contributed by atoms with Gasteiger partial charge >= 0.3 is 57.0 Å². The zero-order valence-electron chi connectivity index (χ0n) is 5.38. The summed E-state index contributed by atoms with van der Waals surface area (Å²) in [5.41, 5.74) is 0. The van der Waals surface area contributed by atoms with Crippen LogP contribution in [0.4, 0.5) is 0 Å². The number of halogens is 1. The van der Waals surface area contributed by atoms with Crippen LogP contribution in [0.15, 0.2) is 0 Å². The van der Waals surface area contributed by atoms with Crippen molar-refractivity contribution < 1.29 is 0 Å². The minimum absolute atomic E-state index is 1.85. The number of rotatable bonds is 3. The molecule has 0 bridgehead atoms. The Hall–Kier alpha value is 0.713. The van der Waals surface area contributed by atoms with E-state index < -0.39 is 13.0 Å². The number of hydrogen-bond acceptors (Lipinski definition) is 3. The van der Waals surface area contributed by atoms with E-state index in [4.69, 9.17) is 10.0 Å². The van der Waals surface area contributed by atoms with E-state index >= 15 is 0 Å². The fourth-order valence-electron chi connectivity index (χ4n) is 0.375. The molecule has 0 spiro atoms. The summed E-state index contributed by atoms with van der Waals surface area (Å²) in [5, 5.41) is 0. The molecule has 50 valence electrons. The third kappa shape index (κ3) is 2.32. The summed E-state index contributed by atoms with van der Waals surface area (Å²) in [7, 11) is 11.5. The second-order valence-electron chi connectivity index (χ2n) is 1.41. The van der Waals surface area contributed by atoms with Gasteiger partial charge in [0.1, 0.15) is 0 Å². The molecule has 0 atom stereocenters. The van der Waals surface area contributed by atoms with Gasteiger partial charge in [-0.3, -0.25) is 0 Å². The van der Waals surface area contributed by atoms with Crippen molar-refractivity contribution in [1.29, 1.82) is 0 Å². The van der Waals surface area contributed by atoms with Crippen molar-refractivity contribution in [2.24, 2.45) is 0 Å². The molecule has 0 aromatic rings. The minimum atomic E-state index is -2.40. The normalized spacial score (nSPS) is 12.0. The maximum absolute atomic E-state index is 5.95. The molecule has 0 aliphatic carbocycles. The Morgan fingerprint density at radius 1 is 1.00 bits per heavy atom. The molecule has 0 aromatic carbocycles. The maximum atomic E-state index is 5.95. The van der Waals surface area contributed by atoms with E-state index in [9.17, 15) is 0 Å². The van der Waals surface area contributed by atoms with Crippen LogP contribution in [0.1, 0.15) is 0 Å². The molecule has 0 saturated heterocycles. The van der Waals surface area contributed by atoms with Gasteiger partial charge in [0.25, 0.3) is 0 Å². The van der Waals surface area contributed by atoms with Crippen molar-refractivity contribution in [3.05, 3.63) is 0 Å². The first-order valence-electron chi connectivity index (χ1n) is 2.44. The summed E-state index contributed by atoms with van der Waals surface area (Å²) >= 11 is -2.40. The molecule has 0 fully saturated rings. The Labute approximate surface area is 57.4 Å². The molecular formula is C3H12ClGeN3. The Bertz CT molecular complexity index is 57.3. The fraction of sp³-hybridized carbons (Fsp3) is 1.00. The van der Waals surface area contributed by atoms with E-state index in [1.54, 1.807) is 0 Å².